The first-order valence-corrected chi connectivity index (χ1v) is 9.76. The largest absolute Gasteiger partial charge is 1.00 e. The molecule has 1 aliphatic carbocycles. The van der Waals surface area contributed by atoms with Gasteiger partial charge in [0.2, 0.25) is 0 Å². The molecule has 7 heteroatoms. The summed E-state index contributed by atoms with van der Waals surface area (Å²) < 4.78 is 0.415. The van der Waals surface area contributed by atoms with Crippen LogP contribution in [0.25, 0.3) is 16.1 Å². The summed E-state index contributed by atoms with van der Waals surface area (Å²) in [6.45, 7) is 0.984. The van der Waals surface area contributed by atoms with Gasteiger partial charge in [0.05, 0.1) is 4.47 Å². The van der Waals surface area contributed by atoms with Gasteiger partial charge in [-0.05, 0) is 39.2 Å². The summed E-state index contributed by atoms with van der Waals surface area (Å²) in [7, 11) is 0. The Kier molecular flexibility index (Phi) is 8.13. The molecule has 0 aromatic heterocycles. The van der Waals surface area contributed by atoms with E-state index in [0.29, 0.717) is 16.4 Å². The maximum absolute atomic E-state index is 10.8. The molecule has 5 nitrogen and oxygen atoms in total. The second-order valence-electron chi connectivity index (χ2n) is 6.91. The molecule has 4 rings (SSSR count). The molecule has 1 saturated carbocycles. The van der Waals surface area contributed by atoms with Gasteiger partial charge in [0.15, 0.2) is 0 Å². The minimum atomic E-state index is -1.14. The number of aliphatic hydroxyl groups excluding tert-OH is 1. The first-order chi connectivity index (χ1) is 12.5. The van der Waals surface area contributed by atoms with E-state index < -0.39 is 5.97 Å². The number of carboxylic acids is 1. The van der Waals surface area contributed by atoms with E-state index in [4.69, 9.17) is 5.11 Å². The Morgan fingerprint density at radius 2 is 1.85 bits per heavy atom. The molecule has 3 N–H and O–H groups in total. The number of carboxylic acid groups (broad SMARTS) is 1. The fourth-order valence-corrected chi connectivity index (χ4v) is 4.45. The van der Waals surface area contributed by atoms with Crippen molar-refractivity contribution in [3.63, 3.8) is 0 Å². The number of halogens is 1. The maximum atomic E-state index is 10.8. The molecule has 2 fully saturated rings. The number of nitrogens with zero attached hydrogens (tertiary/aromatic N) is 1. The predicted octanol–water partition coefficient (Wildman–Crippen LogP) is 4.69. The van der Waals surface area contributed by atoms with Crippen molar-refractivity contribution in [1.82, 2.24) is 0 Å². The van der Waals surface area contributed by atoms with E-state index in [-0.39, 0.29) is 34.5 Å². The molecule has 2 aromatic carbocycles. The van der Waals surface area contributed by atoms with Crippen LogP contribution in [0.1, 0.15) is 42.5 Å². The Bertz CT molecular complexity index is 799. The molecule has 1 saturated heterocycles. The zero-order valence-corrected chi connectivity index (χ0v) is 17.3. The van der Waals surface area contributed by atoms with Crippen LogP contribution in [0.5, 0.6) is 5.75 Å². The van der Waals surface area contributed by atoms with Crippen molar-refractivity contribution in [2.45, 2.75) is 44.2 Å². The smallest absolute Gasteiger partial charge is 0.657 e. The Morgan fingerprint density at radius 1 is 1.15 bits per heavy atom. The Labute approximate surface area is 177 Å². The van der Waals surface area contributed by atoms with Gasteiger partial charge in [-0.15, -0.1) is 12.6 Å². The molecular formula is C20H23BrCuNO4. The van der Waals surface area contributed by atoms with Crippen LogP contribution in [0.15, 0.2) is 34.8 Å². The van der Waals surface area contributed by atoms with Crippen LogP contribution >= 0.6 is 15.9 Å². The van der Waals surface area contributed by atoms with Crippen molar-refractivity contribution in [1.29, 1.82) is 0 Å². The van der Waals surface area contributed by atoms with Crippen LogP contribution in [0, 0.1) is 5.92 Å². The number of phenols is 1. The summed E-state index contributed by atoms with van der Waals surface area (Å²) in [6, 6.07) is 9.01. The number of carbonyl (C=O) groups is 1. The summed E-state index contributed by atoms with van der Waals surface area (Å²) >= 11 is 3.19. The zero-order chi connectivity index (χ0) is 18.7. The number of aromatic carboxylic acids is 1. The van der Waals surface area contributed by atoms with Crippen molar-refractivity contribution in [2.75, 3.05) is 6.54 Å². The number of fused-ring (bicyclic) bond motifs is 2. The zero-order valence-electron chi connectivity index (χ0n) is 14.7. The Balaban J connectivity index is 0.000000194. The predicted molar refractivity (Wildman–Crippen MR) is 105 cm³/mol. The molecule has 0 spiro atoms. The Hall–Kier alpha value is -1.11. The first kappa shape index (κ1) is 22.2. The minimum absolute atomic E-state index is 0. The van der Waals surface area contributed by atoms with Crippen LogP contribution in [0.2, 0.25) is 0 Å². The molecule has 1 heterocycles. The molecule has 0 amide bonds. The van der Waals surface area contributed by atoms with Crippen LogP contribution < -0.4 is 0 Å². The number of benzene rings is 2. The minimum Gasteiger partial charge on any atom is -0.657 e. The second kappa shape index (κ2) is 9.89. The van der Waals surface area contributed by atoms with E-state index in [0.717, 1.165) is 23.7 Å². The van der Waals surface area contributed by atoms with Gasteiger partial charge in [0.1, 0.15) is 11.3 Å². The topological polar surface area (TPSA) is 91.9 Å². The van der Waals surface area contributed by atoms with Gasteiger partial charge in [-0.3, -0.25) is 0 Å². The summed E-state index contributed by atoms with van der Waals surface area (Å²) in [5.74, 6) is -0.660. The third-order valence-electron chi connectivity index (χ3n) is 5.22. The summed E-state index contributed by atoms with van der Waals surface area (Å²) in [4.78, 5) is 10.8. The van der Waals surface area contributed by atoms with E-state index in [1.54, 1.807) is 6.07 Å². The average Bonchev–Trinajstić information content (AvgIpc) is 2.65. The molecular weight excluding hydrogens is 462 g/mol. The van der Waals surface area contributed by atoms with Crippen molar-refractivity contribution in [3.8, 4) is 5.75 Å². The number of hydrogen-bond donors (Lipinski definition) is 3. The van der Waals surface area contributed by atoms with Crippen molar-refractivity contribution >= 4 is 32.7 Å². The van der Waals surface area contributed by atoms with E-state index in [9.17, 15) is 15.0 Å². The van der Waals surface area contributed by atoms with E-state index in [1.807, 2.05) is 18.2 Å². The molecule has 27 heavy (non-hydrogen) atoms. The number of piperidine rings is 1. The summed E-state index contributed by atoms with van der Waals surface area (Å²) in [6.07, 6.45) is 5.90. The van der Waals surface area contributed by atoms with E-state index in [1.165, 1.54) is 31.7 Å². The standard InChI is InChI=1S/C11H7BrO3.C9H16NO.Cu/c12-9-7-4-2-1-3-6(7)5-8(10(9)13)11(14)15;11-8-5-1-3-7-4-2-6-10-9(7)8;/h1-5,13H,(H,14,15);7-9,11H,1-6H2;/q;-1;+1. The van der Waals surface area contributed by atoms with Crippen LogP contribution in [-0.2, 0) is 17.1 Å². The van der Waals surface area contributed by atoms with Gasteiger partial charge in [-0.1, -0.05) is 55.9 Å². The second-order valence-corrected chi connectivity index (χ2v) is 7.70. The van der Waals surface area contributed by atoms with Crippen molar-refractivity contribution < 1.29 is 37.2 Å². The molecule has 1 aliphatic heterocycles. The van der Waals surface area contributed by atoms with Crippen LogP contribution in [0.3, 0.4) is 0 Å². The maximum Gasteiger partial charge on any atom is 1.00 e. The Morgan fingerprint density at radius 3 is 2.56 bits per heavy atom. The van der Waals surface area contributed by atoms with Crippen LogP contribution in [0.4, 0.5) is 0 Å². The van der Waals surface area contributed by atoms with Gasteiger partial charge >= 0.3 is 23.0 Å². The summed E-state index contributed by atoms with van der Waals surface area (Å²) in [5.41, 5.74) is -0.0967. The van der Waals surface area contributed by atoms with Gasteiger partial charge in [0.25, 0.3) is 0 Å². The third kappa shape index (κ3) is 5.04. The van der Waals surface area contributed by atoms with Gasteiger partial charge in [0, 0.05) is 6.10 Å². The monoisotopic (exact) mass is 483 g/mol. The fourth-order valence-electron chi connectivity index (χ4n) is 3.88. The molecule has 2 aromatic rings. The normalized spacial score (nSPS) is 24.1. The van der Waals surface area contributed by atoms with Gasteiger partial charge in [-0.25, -0.2) is 4.79 Å². The third-order valence-corrected chi connectivity index (χ3v) is 6.02. The summed E-state index contributed by atoms with van der Waals surface area (Å²) in [5, 5.41) is 34.2. The molecule has 0 radical (unpaired) electrons. The molecule has 3 unspecified atom stereocenters. The molecule has 3 atom stereocenters. The number of aromatic hydroxyl groups is 1. The van der Waals surface area contributed by atoms with Crippen molar-refractivity contribution in [3.05, 3.63) is 45.7 Å². The number of rotatable bonds is 1. The fraction of sp³-hybridized carbons (Fsp3) is 0.450. The van der Waals surface area contributed by atoms with Crippen molar-refractivity contribution in [2.24, 2.45) is 5.92 Å². The SMILES string of the molecule is O=C(O)c1cc2ccccc2c(Br)c1O.OC1CCCC2CCC[N-]C12.[Cu+]. The van der Waals surface area contributed by atoms with E-state index in [2.05, 4.69) is 21.2 Å². The molecule has 2 aliphatic rings. The number of aliphatic hydroxyl groups is 1. The first-order valence-electron chi connectivity index (χ1n) is 8.97. The van der Waals surface area contributed by atoms with Crippen LogP contribution in [-0.4, -0.2) is 40.0 Å². The van der Waals surface area contributed by atoms with E-state index >= 15 is 0 Å². The molecule has 0 bridgehead atoms. The molecule has 150 valence electrons. The average molecular weight is 485 g/mol. The number of hydrogen-bond acceptors (Lipinski definition) is 3. The quantitative estimate of drug-likeness (QED) is 0.512. The van der Waals surface area contributed by atoms with Gasteiger partial charge in [-0.2, -0.15) is 0 Å². The van der Waals surface area contributed by atoms with Gasteiger partial charge < -0.3 is 20.6 Å².